The topological polar surface area (TPSA) is 69.6 Å². The Balaban J connectivity index is 1.20. The van der Waals surface area contributed by atoms with Crippen LogP contribution in [-0.2, 0) is 4.79 Å². The molecule has 0 saturated heterocycles. The van der Waals surface area contributed by atoms with E-state index in [0.29, 0.717) is 28.7 Å². The molecule has 42 heavy (non-hydrogen) atoms. The normalized spacial score (nSPS) is 38.5. The van der Waals surface area contributed by atoms with Crippen molar-refractivity contribution in [2.24, 2.45) is 51.8 Å². The van der Waals surface area contributed by atoms with Gasteiger partial charge >= 0.3 is 5.97 Å². The molecule has 5 nitrogen and oxygen atoms in total. The number of allylic oxidation sites excluding steroid dienone is 2. The summed E-state index contributed by atoms with van der Waals surface area (Å²) in [5.74, 6) is 3.78. The molecule has 1 amide bonds. The zero-order valence-corrected chi connectivity index (χ0v) is 26.8. The second-order valence-corrected chi connectivity index (χ2v) is 15.6. The number of nitrogens with zero attached hydrogens (tertiary/aromatic N) is 1. The van der Waals surface area contributed by atoms with E-state index in [2.05, 4.69) is 51.0 Å². The van der Waals surface area contributed by atoms with Crippen LogP contribution >= 0.6 is 0 Å². The number of nitrogens with one attached hydrogen (secondary N) is 1. The molecule has 0 heterocycles. The maximum Gasteiger partial charge on any atom is 0.335 e. The predicted molar refractivity (Wildman–Crippen MR) is 169 cm³/mol. The predicted octanol–water partition coefficient (Wildman–Crippen LogP) is 7.52. The van der Waals surface area contributed by atoms with E-state index in [0.717, 1.165) is 62.6 Å². The molecule has 5 aliphatic carbocycles. The van der Waals surface area contributed by atoms with Crippen LogP contribution < -0.4 is 5.32 Å². The van der Waals surface area contributed by atoms with E-state index in [1.54, 1.807) is 12.1 Å². The Kier molecular flexibility index (Phi) is 7.90. The molecule has 0 aliphatic heterocycles. The fourth-order valence-electron chi connectivity index (χ4n) is 11.6. The fraction of sp³-hybridized carbons (Fsp3) is 0.730. The summed E-state index contributed by atoms with van der Waals surface area (Å²) < 4.78 is 0. The van der Waals surface area contributed by atoms with Gasteiger partial charge in [-0.2, -0.15) is 0 Å². The van der Waals surface area contributed by atoms with Gasteiger partial charge in [0.25, 0.3) is 0 Å². The van der Waals surface area contributed by atoms with Crippen molar-refractivity contribution in [3.8, 4) is 0 Å². The number of hydrogen-bond donors (Lipinski definition) is 2. The van der Waals surface area contributed by atoms with Gasteiger partial charge in [0.1, 0.15) is 0 Å². The molecule has 6 unspecified atom stereocenters. The average molecular weight is 575 g/mol. The molecule has 1 aromatic rings. The molecule has 4 fully saturated rings. The number of carbonyl (C=O) groups is 2. The lowest BCUT2D eigenvalue weighted by molar-refractivity contribution is -0.151. The van der Waals surface area contributed by atoms with Gasteiger partial charge in [0.2, 0.25) is 5.91 Å². The molecule has 4 saturated carbocycles. The van der Waals surface area contributed by atoms with Crippen LogP contribution in [0.15, 0.2) is 30.3 Å². The third kappa shape index (κ3) is 4.68. The van der Waals surface area contributed by atoms with Crippen LogP contribution in [0.3, 0.4) is 0 Å². The highest BCUT2D eigenvalue weighted by Gasteiger charge is 2.62. The highest BCUT2D eigenvalue weighted by molar-refractivity contribution is 5.88. The first-order chi connectivity index (χ1) is 20.0. The molecule has 2 N–H and O–H groups in total. The van der Waals surface area contributed by atoms with Crippen molar-refractivity contribution in [2.75, 3.05) is 26.7 Å². The molecule has 0 aromatic heterocycles. The number of carboxylic acids is 1. The van der Waals surface area contributed by atoms with E-state index >= 15 is 0 Å². The van der Waals surface area contributed by atoms with E-state index in [4.69, 9.17) is 0 Å². The standard InChI is InChI=1S/C37H54N2O3/c1-6-39(5)23-22-38-34(42)37-19-7-8-31(37)28-13-15-30-27(26(28)17-21-37)14-16-32-35(2,3)29(18-20-36(30,32)4)24-9-11-25(12-10-24)33(40)41/h9-12,18,26-28,30-32H,6-8,13-17,19-23H2,1-5H3,(H,38,42)(H,40,41)/t26?,27?,28?,30?,31?,32?,36-,37+/m1/s1. The number of hydrogen-bond acceptors (Lipinski definition) is 3. The molecular formula is C37H54N2O3. The Hall–Kier alpha value is -2.14. The van der Waals surface area contributed by atoms with Gasteiger partial charge in [0.05, 0.1) is 11.0 Å². The summed E-state index contributed by atoms with van der Waals surface area (Å²) in [6, 6.07) is 7.56. The van der Waals surface area contributed by atoms with Gasteiger partial charge in [-0.1, -0.05) is 52.3 Å². The van der Waals surface area contributed by atoms with Gasteiger partial charge in [-0.3, -0.25) is 4.79 Å². The fourth-order valence-corrected chi connectivity index (χ4v) is 11.6. The lowest BCUT2D eigenvalue weighted by Crippen LogP contribution is -2.58. The Bertz CT molecular complexity index is 1220. The Morgan fingerprint density at radius 3 is 2.36 bits per heavy atom. The number of fused-ring (bicyclic) bond motifs is 7. The van der Waals surface area contributed by atoms with Gasteiger partial charge in [0.15, 0.2) is 0 Å². The quantitative estimate of drug-likeness (QED) is 0.353. The summed E-state index contributed by atoms with van der Waals surface area (Å²) in [5, 5.41) is 12.8. The minimum atomic E-state index is -0.863. The zero-order chi connectivity index (χ0) is 29.9. The van der Waals surface area contributed by atoms with E-state index < -0.39 is 5.97 Å². The third-order valence-electron chi connectivity index (χ3n) is 13.7. The number of aromatic carboxylic acids is 1. The first-order valence-corrected chi connectivity index (χ1v) is 17.0. The van der Waals surface area contributed by atoms with E-state index in [9.17, 15) is 14.7 Å². The van der Waals surface area contributed by atoms with Crippen LogP contribution in [0.1, 0.15) is 108 Å². The summed E-state index contributed by atoms with van der Waals surface area (Å²) in [5.41, 5.74) is 3.18. The van der Waals surface area contributed by atoms with Crippen molar-refractivity contribution in [1.82, 2.24) is 10.2 Å². The van der Waals surface area contributed by atoms with Gasteiger partial charge in [-0.15, -0.1) is 0 Å². The number of likely N-dealkylation sites (N-methyl/N-ethyl adjacent to an activating group) is 1. The number of carbonyl (C=O) groups excluding carboxylic acids is 1. The van der Waals surface area contributed by atoms with Gasteiger partial charge in [0, 0.05) is 13.1 Å². The minimum Gasteiger partial charge on any atom is -0.478 e. The summed E-state index contributed by atoms with van der Waals surface area (Å²) in [6.45, 7) is 12.4. The molecule has 0 radical (unpaired) electrons. The Morgan fingerprint density at radius 1 is 0.929 bits per heavy atom. The highest BCUT2D eigenvalue weighted by atomic mass is 16.4. The smallest absolute Gasteiger partial charge is 0.335 e. The molecular weight excluding hydrogens is 520 g/mol. The van der Waals surface area contributed by atoms with Crippen LogP contribution in [0.2, 0.25) is 0 Å². The second kappa shape index (κ2) is 11.1. The molecule has 5 heteroatoms. The third-order valence-corrected chi connectivity index (χ3v) is 13.7. The van der Waals surface area contributed by atoms with E-state index in [-0.39, 0.29) is 10.8 Å². The molecule has 1 aromatic carbocycles. The lowest BCUT2D eigenvalue weighted by Gasteiger charge is -2.64. The molecule has 5 aliphatic rings. The molecule has 6 rings (SSSR count). The number of carboxylic acid groups (broad SMARTS) is 1. The van der Waals surface area contributed by atoms with Crippen LogP contribution in [0.25, 0.3) is 5.57 Å². The van der Waals surface area contributed by atoms with Gasteiger partial charge < -0.3 is 15.3 Å². The maximum absolute atomic E-state index is 13.8. The second-order valence-electron chi connectivity index (χ2n) is 15.6. The number of rotatable bonds is 7. The minimum absolute atomic E-state index is 0.0522. The summed E-state index contributed by atoms with van der Waals surface area (Å²) in [4.78, 5) is 27.5. The summed E-state index contributed by atoms with van der Waals surface area (Å²) in [6.07, 6.45) is 14.8. The van der Waals surface area contributed by atoms with Crippen LogP contribution in [0.5, 0.6) is 0 Å². The number of amides is 1. The first kappa shape index (κ1) is 29.9. The summed E-state index contributed by atoms with van der Waals surface area (Å²) >= 11 is 0. The van der Waals surface area contributed by atoms with Crippen LogP contribution in [0, 0.1) is 51.8 Å². The molecule has 230 valence electrons. The number of benzene rings is 1. The van der Waals surface area contributed by atoms with Crippen molar-refractivity contribution >= 4 is 17.4 Å². The average Bonchev–Trinajstić information content (AvgIpc) is 3.42. The SMILES string of the molecule is CCN(C)CCNC(=O)[C@]12CCCC1C1CCC3C(CCC4C(C)(C)C(c5ccc(C(=O)O)cc5)=CC[C@]34C)C1CC2. The molecule has 0 spiro atoms. The Morgan fingerprint density at radius 2 is 1.64 bits per heavy atom. The van der Waals surface area contributed by atoms with Crippen LogP contribution in [0.4, 0.5) is 0 Å². The van der Waals surface area contributed by atoms with Crippen molar-refractivity contribution in [3.63, 3.8) is 0 Å². The zero-order valence-electron chi connectivity index (χ0n) is 26.8. The van der Waals surface area contributed by atoms with Crippen molar-refractivity contribution in [2.45, 2.75) is 91.9 Å². The van der Waals surface area contributed by atoms with E-state index in [1.807, 2.05) is 12.1 Å². The lowest BCUT2D eigenvalue weighted by atomic mass is 9.40. The van der Waals surface area contributed by atoms with E-state index in [1.165, 1.54) is 56.1 Å². The van der Waals surface area contributed by atoms with Crippen molar-refractivity contribution < 1.29 is 14.7 Å². The van der Waals surface area contributed by atoms with Crippen molar-refractivity contribution in [3.05, 3.63) is 41.5 Å². The maximum atomic E-state index is 13.8. The van der Waals surface area contributed by atoms with Gasteiger partial charge in [-0.25, -0.2) is 4.79 Å². The first-order valence-electron chi connectivity index (χ1n) is 17.0. The highest BCUT2D eigenvalue weighted by Crippen LogP contribution is 2.69. The summed E-state index contributed by atoms with van der Waals surface area (Å²) in [7, 11) is 2.13. The molecule has 0 bridgehead atoms. The van der Waals surface area contributed by atoms with Crippen LogP contribution in [-0.4, -0.2) is 48.6 Å². The largest absolute Gasteiger partial charge is 0.478 e. The van der Waals surface area contributed by atoms with Crippen molar-refractivity contribution in [1.29, 1.82) is 0 Å². The monoisotopic (exact) mass is 574 g/mol. The Labute approximate surface area is 253 Å². The molecule has 8 atom stereocenters. The van der Waals surface area contributed by atoms with Gasteiger partial charge in [-0.05, 0) is 141 Å².